The number of thiazole rings is 1. The Morgan fingerprint density at radius 3 is 2.74 bits per heavy atom. The van der Waals surface area contributed by atoms with Gasteiger partial charge in [0, 0.05) is 49.3 Å². The SMILES string of the molecule is O=C1CC(C(=O)N(CCCN2CCOCC2)c2nc3ccc(Br)cc3s2)CN1c1ccc(F)cc1. The van der Waals surface area contributed by atoms with E-state index in [9.17, 15) is 14.0 Å². The van der Waals surface area contributed by atoms with Gasteiger partial charge in [-0.05, 0) is 48.9 Å². The molecule has 0 bridgehead atoms. The van der Waals surface area contributed by atoms with E-state index in [2.05, 4.69) is 20.8 Å². The molecule has 2 fully saturated rings. The van der Waals surface area contributed by atoms with Crippen LogP contribution in [-0.2, 0) is 14.3 Å². The molecule has 35 heavy (non-hydrogen) atoms. The van der Waals surface area contributed by atoms with Gasteiger partial charge in [-0.1, -0.05) is 27.3 Å². The lowest BCUT2D eigenvalue weighted by atomic mass is 10.1. The van der Waals surface area contributed by atoms with Crippen LogP contribution in [-0.4, -0.2) is 67.6 Å². The standard InChI is InChI=1S/C25H26BrFN4O3S/c26-18-2-7-21-22(15-18)35-25(28-21)30(9-1-8-29-10-12-34-13-11-29)24(33)17-14-23(32)31(16-17)20-5-3-19(27)4-6-20/h2-7,15,17H,1,8-14,16H2. The average molecular weight is 561 g/mol. The van der Waals surface area contributed by atoms with Gasteiger partial charge in [-0.2, -0.15) is 0 Å². The molecule has 0 radical (unpaired) electrons. The molecule has 0 saturated carbocycles. The highest BCUT2D eigenvalue weighted by atomic mass is 79.9. The van der Waals surface area contributed by atoms with E-state index in [1.807, 2.05) is 18.2 Å². The van der Waals surface area contributed by atoms with Gasteiger partial charge in [0.15, 0.2) is 5.13 Å². The summed E-state index contributed by atoms with van der Waals surface area (Å²) in [5.41, 5.74) is 1.45. The van der Waals surface area contributed by atoms with Gasteiger partial charge in [-0.25, -0.2) is 9.37 Å². The highest BCUT2D eigenvalue weighted by Crippen LogP contribution is 2.33. The van der Waals surface area contributed by atoms with Crippen LogP contribution in [0.3, 0.4) is 0 Å². The van der Waals surface area contributed by atoms with Crippen molar-refractivity contribution < 1.29 is 18.7 Å². The summed E-state index contributed by atoms with van der Waals surface area (Å²) in [6, 6.07) is 11.7. The van der Waals surface area contributed by atoms with Crippen molar-refractivity contribution in [2.45, 2.75) is 12.8 Å². The van der Waals surface area contributed by atoms with Gasteiger partial charge < -0.3 is 9.64 Å². The predicted octanol–water partition coefficient (Wildman–Crippen LogP) is 4.31. The topological polar surface area (TPSA) is 66.0 Å². The van der Waals surface area contributed by atoms with Crippen LogP contribution in [0.1, 0.15) is 12.8 Å². The molecule has 2 aliphatic rings. The van der Waals surface area contributed by atoms with E-state index in [0.717, 1.165) is 54.0 Å². The van der Waals surface area contributed by atoms with Crippen LogP contribution in [0.5, 0.6) is 0 Å². The summed E-state index contributed by atoms with van der Waals surface area (Å²) in [6.45, 7) is 4.93. The third-order valence-electron chi connectivity index (χ3n) is 6.41. The molecule has 3 aromatic rings. The fraction of sp³-hybridized carbons (Fsp3) is 0.400. The molecule has 0 aliphatic carbocycles. The Labute approximate surface area is 215 Å². The molecular weight excluding hydrogens is 535 g/mol. The van der Waals surface area contributed by atoms with E-state index >= 15 is 0 Å². The number of amides is 2. The lowest BCUT2D eigenvalue weighted by Crippen LogP contribution is -2.41. The van der Waals surface area contributed by atoms with Crippen molar-refractivity contribution in [1.29, 1.82) is 0 Å². The molecule has 2 aromatic carbocycles. The van der Waals surface area contributed by atoms with E-state index < -0.39 is 5.92 Å². The molecule has 1 atom stereocenters. The number of morpholine rings is 1. The van der Waals surface area contributed by atoms with Gasteiger partial charge in [0.1, 0.15) is 5.82 Å². The van der Waals surface area contributed by atoms with Crippen LogP contribution in [0.15, 0.2) is 46.9 Å². The first-order valence-electron chi connectivity index (χ1n) is 11.7. The molecule has 2 amide bonds. The highest BCUT2D eigenvalue weighted by Gasteiger charge is 2.38. The molecule has 2 aliphatic heterocycles. The summed E-state index contributed by atoms with van der Waals surface area (Å²) in [6.07, 6.45) is 0.931. The monoisotopic (exact) mass is 560 g/mol. The second-order valence-electron chi connectivity index (χ2n) is 8.79. The molecule has 1 unspecified atom stereocenters. The highest BCUT2D eigenvalue weighted by molar-refractivity contribution is 9.10. The Balaban J connectivity index is 1.35. The first kappa shape index (κ1) is 24.3. The minimum absolute atomic E-state index is 0.0944. The second-order valence-corrected chi connectivity index (χ2v) is 10.7. The van der Waals surface area contributed by atoms with Gasteiger partial charge in [0.05, 0.1) is 29.3 Å². The Morgan fingerprint density at radius 1 is 1.20 bits per heavy atom. The number of hydrogen-bond acceptors (Lipinski definition) is 6. The third-order valence-corrected chi connectivity index (χ3v) is 7.94. The fourth-order valence-electron chi connectivity index (χ4n) is 4.54. The molecular formula is C25H26BrFN4O3S. The van der Waals surface area contributed by atoms with Gasteiger partial charge in [0.2, 0.25) is 11.8 Å². The van der Waals surface area contributed by atoms with Crippen LogP contribution in [0, 0.1) is 11.7 Å². The van der Waals surface area contributed by atoms with Crippen molar-refractivity contribution in [3.63, 3.8) is 0 Å². The van der Waals surface area contributed by atoms with E-state index in [-0.39, 0.29) is 30.6 Å². The quantitative estimate of drug-likeness (QED) is 0.431. The molecule has 2 saturated heterocycles. The van der Waals surface area contributed by atoms with Crippen molar-refractivity contribution in [2.75, 3.05) is 55.7 Å². The maximum Gasteiger partial charge on any atom is 0.234 e. The van der Waals surface area contributed by atoms with Crippen LogP contribution in [0.25, 0.3) is 10.2 Å². The van der Waals surface area contributed by atoms with Crippen molar-refractivity contribution in [3.05, 3.63) is 52.8 Å². The van der Waals surface area contributed by atoms with Crippen LogP contribution < -0.4 is 9.80 Å². The second kappa shape index (κ2) is 10.7. The lowest BCUT2D eigenvalue weighted by molar-refractivity contribution is -0.124. The smallest absolute Gasteiger partial charge is 0.234 e. The van der Waals surface area contributed by atoms with Gasteiger partial charge in [-0.15, -0.1) is 0 Å². The molecule has 7 nitrogen and oxygen atoms in total. The average Bonchev–Trinajstić information content (AvgIpc) is 3.45. The summed E-state index contributed by atoms with van der Waals surface area (Å²) in [4.78, 5) is 36.9. The largest absolute Gasteiger partial charge is 0.379 e. The molecule has 5 rings (SSSR count). The number of anilines is 2. The van der Waals surface area contributed by atoms with E-state index in [1.54, 1.807) is 21.9 Å². The van der Waals surface area contributed by atoms with Crippen molar-refractivity contribution in [1.82, 2.24) is 9.88 Å². The van der Waals surface area contributed by atoms with E-state index in [4.69, 9.17) is 9.72 Å². The van der Waals surface area contributed by atoms with Gasteiger partial charge in [0.25, 0.3) is 0 Å². The number of ether oxygens (including phenoxy) is 1. The summed E-state index contributed by atoms with van der Waals surface area (Å²) < 4.78 is 20.7. The number of benzene rings is 2. The fourth-order valence-corrected chi connectivity index (χ4v) is 6.09. The minimum Gasteiger partial charge on any atom is -0.379 e. The first-order valence-corrected chi connectivity index (χ1v) is 13.3. The molecule has 3 heterocycles. The predicted molar refractivity (Wildman–Crippen MR) is 138 cm³/mol. The van der Waals surface area contributed by atoms with Crippen molar-refractivity contribution >= 4 is 60.1 Å². The Morgan fingerprint density at radius 2 is 1.97 bits per heavy atom. The number of halogens is 2. The summed E-state index contributed by atoms with van der Waals surface area (Å²) in [5.74, 6) is -1.06. The van der Waals surface area contributed by atoms with Gasteiger partial charge in [-0.3, -0.25) is 19.4 Å². The van der Waals surface area contributed by atoms with Crippen LogP contribution >= 0.6 is 27.3 Å². The molecule has 1 aromatic heterocycles. The molecule has 10 heteroatoms. The van der Waals surface area contributed by atoms with E-state index in [1.165, 1.54) is 23.5 Å². The number of nitrogens with zero attached hydrogens (tertiary/aromatic N) is 4. The lowest BCUT2D eigenvalue weighted by Gasteiger charge is -2.28. The first-order chi connectivity index (χ1) is 17.0. The van der Waals surface area contributed by atoms with Crippen molar-refractivity contribution in [3.8, 4) is 0 Å². The number of carbonyl (C=O) groups is 2. The zero-order valence-corrected chi connectivity index (χ0v) is 21.6. The summed E-state index contributed by atoms with van der Waals surface area (Å²) in [7, 11) is 0. The maximum atomic E-state index is 13.8. The zero-order chi connectivity index (χ0) is 24.4. The number of carbonyl (C=O) groups excluding carboxylic acids is 2. The molecule has 184 valence electrons. The summed E-state index contributed by atoms with van der Waals surface area (Å²) in [5, 5.41) is 0.651. The number of rotatable bonds is 7. The van der Waals surface area contributed by atoms with E-state index in [0.29, 0.717) is 17.4 Å². The van der Waals surface area contributed by atoms with Crippen LogP contribution in [0.4, 0.5) is 15.2 Å². The summed E-state index contributed by atoms with van der Waals surface area (Å²) >= 11 is 4.99. The number of fused-ring (bicyclic) bond motifs is 1. The number of aromatic nitrogens is 1. The normalized spacial score (nSPS) is 19.0. The molecule has 0 N–H and O–H groups in total. The zero-order valence-electron chi connectivity index (χ0n) is 19.2. The number of hydrogen-bond donors (Lipinski definition) is 0. The Bertz CT molecular complexity index is 1220. The minimum atomic E-state index is -0.477. The maximum absolute atomic E-state index is 13.8. The Hall–Kier alpha value is -2.40. The molecule has 0 spiro atoms. The van der Waals surface area contributed by atoms with Crippen molar-refractivity contribution in [2.24, 2.45) is 5.92 Å². The van der Waals surface area contributed by atoms with Gasteiger partial charge >= 0.3 is 0 Å². The van der Waals surface area contributed by atoms with Crippen LogP contribution in [0.2, 0.25) is 0 Å². The third kappa shape index (κ3) is 5.55. The Kier molecular flexibility index (Phi) is 7.43.